The minimum absolute atomic E-state index is 0.159. The monoisotopic (exact) mass is 365 g/mol. The van der Waals surface area contributed by atoms with Crippen molar-refractivity contribution in [2.75, 3.05) is 18.9 Å². The summed E-state index contributed by atoms with van der Waals surface area (Å²) in [4.78, 5) is 13.3. The van der Waals surface area contributed by atoms with E-state index in [9.17, 15) is 9.18 Å². The van der Waals surface area contributed by atoms with Crippen LogP contribution in [0.25, 0.3) is 0 Å². The third-order valence-corrected chi connectivity index (χ3v) is 4.04. The minimum Gasteiger partial charge on any atom is -0.455 e. The largest absolute Gasteiger partial charge is 0.455 e. The minimum atomic E-state index is -0.251. The molecule has 3 aromatic carbocycles. The first-order valence-corrected chi connectivity index (χ1v) is 8.78. The molecule has 0 saturated carbocycles. The van der Waals surface area contributed by atoms with Crippen LogP contribution in [-0.4, -0.2) is 19.5 Å². The van der Waals surface area contributed by atoms with Crippen LogP contribution in [0.15, 0.2) is 78.9 Å². The molecule has 0 aliphatic heterocycles. The number of benzene rings is 3. The summed E-state index contributed by atoms with van der Waals surface area (Å²) in [5.41, 5.74) is 1.20. The fourth-order valence-corrected chi connectivity index (χ4v) is 2.77. The quantitative estimate of drug-likeness (QED) is 0.675. The van der Waals surface area contributed by atoms with Crippen molar-refractivity contribution in [3.63, 3.8) is 0 Å². The third kappa shape index (κ3) is 5.39. The number of ether oxygens (including phenoxy) is 1. The lowest BCUT2D eigenvalue weighted by molar-refractivity contribution is -0.885. The maximum absolute atomic E-state index is 13.8. The SMILES string of the molecule is C[NH+](CC(=O)Nc1ccccc1Oc1ccccc1)Cc1ccccc1F. The first kappa shape index (κ1) is 18.6. The molecule has 27 heavy (non-hydrogen) atoms. The second-order valence-electron chi connectivity index (χ2n) is 6.36. The number of hydrogen-bond donors (Lipinski definition) is 2. The van der Waals surface area contributed by atoms with E-state index in [1.54, 1.807) is 30.3 Å². The van der Waals surface area contributed by atoms with Crippen LogP contribution in [0, 0.1) is 5.82 Å². The second-order valence-corrected chi connectivity index (χ2v) is 6.36. The number of likely N-dealkylation sites (N-methyl/N-ethyl adjacent to an activating group) is 1. The predicted octanol–water partition coefficient (Wildman–Crippen LogP) is 3.27. The Bertz CT molecular complexity index is 900. The van der Waals surface area contributed by atoms with Gasteiger partial charge in [0.15, 0.2) is 12.3 Å². The van der Waals surface area contributed by atoms with Crippen molar-refractivity contribution in [1.29, 1.82) is 0 Å². The number of carbonyl (C=O) groups excluding carboxylic acids is 1. The number of nitrogens with one attached hydrogen (secondary N) is 2. The fraction of sp³-hybridized carbons (Fsp3) is 0.136. The van der Waals surface area contributed by atoms with Gasteiger partial charge in [-0.2, -0.15) is 0 Å². The van der Waals surface area contributed by atoms with Gasteiger partial charge in [0.1, 0.15) is 18.1 Å². The molecule has 3 aromatic rings. The van der Waals surface area contributed by atoms with Crippen molar-refractivity contribution in [3.05, 3.63) is 90.2 Å². The normalized spacial score (nSPS) is 11.6. The van der Waals surface area contributed by atoms with Gasteiger partial charge in [-0.1, -0.05) is 48.5 Å². The van der Waals surface area contributed by atoms with Crippen LogP contribution in [0.3, 0.4) is 0 Å². The molecular formula is C22H22FN2O2+. The first-order chi connectivity index (χ1) is 13.1. The van der Waals surface area contributed by atoms with Gasteiger partial charge in [-0.05, 0) is 30.3 Å². The van der Waals surface area contributed by atoms with Gasteiger partial charge in [0.05, 0.1) is 12.7 Å². The molecule has 138 valence electrons. The summed E-state index contributed by atoms with van der Waals surface area (Å²) >= 11 is 0. The Labute approximate surface area is 158 Å². The number of rotatable bonds is 7. The Kier molecular flexibility index (Phi) is 6.18. The van der Waals surface area contributed by atoms with Crippen LogP contribution in [0.1, 0.15) is 5.56 Å². The Morgan fingerprint density at radius 2 is 1.63 bits per heavy atom. The topological polar surface area (TPSA) is 42.8 Å². The summed E-state index contributed by atoms with van der Waals surface area (Å²) < 4.78 is 19.6. The highest BCUT2D eigenvalue weighted by Crippen LogP contribution is 2.28. The van der Waals surface area contributed by atoms with Crippen molar-refractivity contribution in [1.82, 2.24) is 0 Å². The summed E-state index contributed by atoms with van der Waals surface area (Å²) in [5.74, 6) is 0.858. The highest BCUT2D eigenvalue weighted by atomic mass is 19.1. The summed E-state index contributed by atoms with van der Waals surface area (Å²) in [7, 11) is 1.86. The molecule has 0 saturated heterocycles. The van der Waals surface area contributed by atoms with Crippen molar-refractivity contribution in [2.24, 2.45) is 0 Å². The highest BCUT2D eigenvalue weighted by Gasteiger charge is 2.14. The van der Waals surface area contributed by atoms with Crippen LogP contribution in [0.2, 0.25) is 0 Å². The maximum atomic E-state index is 13.8. The average molecular weight is 365 g/mol. The molecular weight excluding hydrogens is 343 g/mol. The lowest BCUT2D eigenvalue weighted by Crippen LogP contribution is -3.08. The van der Waals surface area contributed by atoms with Crippen LogP contribution >= 0.6 is 0 Å². The molecule has 1 amide bonds. The van der Waals surface area contributed by atoms with Gasteiger partial charge in [0.2, 0.25) is 0 Å². The molecule has 0 fully saturated rings. The standard InChI is InChI=1S/C22H21FN2O2/c1-25(15-17-9-5-6-12-19(17)23)16-22(26)24-20-13-7-8-14-21(20)27-18-10-3-2-4-11-18/h2-14H,15-16H2,1H3,(H,24,26)/p+1. The smallest absolute Gasteiger partial charge is 0.279 e. The number of halogens is 1. The van der Waals surface area contributed by atoms with E-state index < -0.39 is 0 Å². The Morgan fingerprint density at radius 1 is 0.963 bits per heavy atom. The summed E-state index contributed by atoms with van der Waals surface area (Å²) in [6, 6.07) is 23.3. The number of hydrogen-bond acceptors (Lipinski definition) is 2. The molecule has 0 bridgehead atoms. The molecule has 0 aliphatic carbocycles. The predicted molar refractivity (Wildman–Crippen MR) is 103 cm³/mol. The zero-order valence-electron chi connectivity index (χ0n) is 15.1. The van der Waals surface area contributed by atoms with E-state index in [1.165, 1.54) is 6.07 Å². The Balaban J connectivity index is 1.61. The van der Waals surface area contributed by atoms with Crippen LogP contribution in [0.5, 0.6) is 11.5 Å². The second kappa shape index (κ2) is 8.96. The molecule has 4 nitrogen and oxygen atoms in total. The molecule has 1 unspecified atom stereocenters. The summed E-state index contributed by atoms with van der Waals surface area (Å²) in [5, 5.41) is 2.88. The third-order valence-electron chi connectivity index (χ3n) is 4.04. The van der Waals surface area contributed by atoms with Crippen molar-refractivity contribution >= 4 is 11.6 Å². The number of amides is 1. The number of quaternary nitrogens is 1. The van der Waals surface area contributed by atoms with E-state index in [-0.39, 0.29) is 18.3 Å². The van der Waals surface area contributed by atoms with Crippen LogP contribution in [-0.2, 0) is 11.3 Å². The van der Waals surface area contributed by atoms with Gasteiger partial charge in [0, 0.05) is 5.56 Å². The molecule has 0 aliphatic rings. The van der Waals surface area contributed by atoms with Crippen molar-refractivity contribution < 1.29 is 18.8 Å². The Morgan fingerprint density at radius 3 is 2.41 bits per heavy atom. The number of para-hydroxylation sites is 3. The number of carbonyl (C=O) groups is 1. The van der Waals surface area contributed by atoms with Gasteiger partial charge in [-0.25, -0.2) is 4.39 Å². The van der Waals surface area contributed by atoms with Crippen molar-refractivity contribution in [2.45, 2.75) is 6.54 Å². The van der Waals surface area contributed by atoms with Crippen molar-refractivity contribution in [3.8, 4) is 11.5 Å². The zero-order chi connectivity index (χ0) is 19.1. The van der Waals surface area contributed by atoms with E-state index in [4.69, 9.17) is 4.74 Å². The molecule has 3 rings (SSSR count). The molecule has 0 radical (unpaired) electrons. The van der Waals surface area contributed by atoms with Gasteiger partial charge >= 0.3 is 0 Å². The molecule has 5 heteroatoms. The fourth-order valence-electron chi connectivity index (χ4n) is 2.77. The molecule has 0 spiro atoms. The molecule has 0 aromatic heterocycles. The van der Waals surface area contributed by atoms with Gasteiger partial charge in [-0.3, -0.25) is 4.79 Å². The molecule has 2 N–H and O–H groups in total. The average Bonchev–Trinajstić information content (AvgIpc) is 2.66. The Hall–Kier alpha value is -3.18. The first-order valence-electron chi connectivity index (χ1n) is 8.78. The van der Waals surface area contributed by atoms with Gasteiger partial charge in [-0.15, -0.1) is 0 Å². The summed E-state index contributed by atoms with van der Waals surface area (Å²) in [6.07, 6.45) is 0. The molecule has 1 atom stereocenters. The van der Waals surface area contributed by atoms with E-state index >= 15 is 0 Å². The maximum Gasteiger partial charge on any atom is 0.279 e. The van der Waals surface area contributed by atoms with Gasteiger partial charge in [0.25, 0.3) is 5.91 Å². The zero-order valence-corrected chi connectivity index (χ0v) is 15.1. The van der Waals surface area contributed by atoms with E-state index in [0.29, 0.717) is 29.3 Å². The highest BCUT2D eigenvalue weighted by molar-refractivity contribution is 5.93. The van der Waals surface area contributed by atoms with Crippen LogP contribution < -0.4 is 15.0 Å². The van der Waals surface area contributed by atoms with E-state index in [1.807, 2.05) is 49.5 Å². The summed E-state index contributed by atoms with van der Waals surface area (Å²) in [6.45, 7) is 0.649. The lowest BCUT2D eigenvalue weighted by atomic mass is 10.2. The number of anilines is 1. The van der Waals surface area contributed by atoms with E-state index in [0.717, 1.165) is 4.90 Å². The lowest BCUT2D eigenvalue weighted by Gasteiger charge is -2.16. The molecule has 0 heterocycles. The van der Waals surface area contributed by atoms with Crippen LogP contribution in [0.4, 0.5) is 10.1 Å². The van der Waals surface area contributed by atoms with Gasteiger partial charge < -0.3 is 15.0 Å². The van der Waals surface area contributed by atoms with E-state index in [2.05, 4.69) is 5.32 Å².